The third kappa shape index (κ3) is 1.67. The summed E-state index contributed by atoms with van der Waals surface area (Å²) in [6, 6.07) is 1.93. The minimum absolute atomic E-state index is 0.252. The quantitative estimate of drug-likeness (QED) is 0.772. The van der Waals surface area contributed by atoms with Crippen LogP contribution in [-0.2, 0) is 4.74 Å². The van der Waals surface area contributed by atoms with Crippen LogP contribution in [0.5, 0.6) is 0 Å². The number of methoxy groups -OCH3 is 1. The SMILES string of the molecule is COC(=O)c1csc(C2CC2CN)c1. The molecule has 1 aromatic heterocycles. The lowest BCUT2D eigenvalue weighted by atomic mass is 10.2. The summed E-state index contributed by atoms with van der Waals surface area (Å²) in [6.45, 7) is 0.746. The Morgan fingerprint density at radius 1 is 1.79 bits per heavy atom. The molecule has 2 rings (SSSR count). The summed E-state index contributed by atoms with van der Waals surface area (Å²) in [5, 5.41) is 1.85. The molecule has 0 aliphatic heterocycles. The molecule has 0 radical (unpaired) electrons. The van der Waals surface area contributed by atoms with Gasteiger partial charge in [-0.3, -0.25) is 0 Å². The highest BCUT2D eigenvalue weighted by molar-refractivity contribution is 7.10. The van der Waals surface area contributed by atoms with Gasteiger partial charge in [-0.05, 0) is 30.9 Å². The fourth-order valence-electron chi connectivity index (χ4n) is 1.63. The maximum absolute atomic E-state index is 11.2. The Morgan fingerprint density at radius 3 is 3.14 bits per heavy atom. The second-order valence-corrected chi connectivity index (χ2v) is 4.51. The Balaban J connectivity index is 2.07. The zero-order valence-electron chi connectivity index (χ0n) is 8.03. The van der Waals surface area contributed by atoms with Crippen molar-refractivity contribution in [3.63, 3.8) is 0 Å². The molecule has 0 saturated heterocycles. The number of carbonyl (C=O) groups is 1. The molecule has 2 unspecified atom stereocenters. The van der Waals surface area contributed by atoms with Gasteiger partial charge in [-0.1, -0.05) is 0 Å². The zero-order valence-corrected chi connectivity index (χ0v) is 8.84. The van der Waals surface area contributed by atoms with Gasteiger partial charge in [0.2, 0.25) is 0 Å². The van der Waals surface area contributed by atoms with Crippen molar-refractivity contribution in [2.24, 2.45) is 11.7 Å². The predicted octanol–water partition coefficient (Wildman–Crippen LogP) is 1.60. The Bertz CT molecular complexity index is 348. The molecule has 2 N–H and O–H groups in total. The second-order valence-electron chi connectivity index (χ2n) is 3.57. The van der Waals surface area contributed by atoms with Gasteiger partial charge >= 0.3 is 5.97 Å². The van der Waals surface area contributed by atoms with Gasteiger partial charge in [0.25, 0.3) is 0 Å². The molecule has 0 spiro atoms. The molecule has 3 nitrogen and oxygen atoms in total. The topological polar surface area (TPSA) is 52.3 Å². The van der Waals surface area contributed by atoms with Crippen LogP contribution in [0.15, 0.2) is 11.4 Å². The molecule has 14 heavy (non-hydrogen) atoms. The maximum Gasteiger partial charge on any atom is 0.338 e. The molecule has 1 saturated carbocycles. The predicted molar refractivity (Wildman–Crippen MR) is 55.6 cm³/mol. The van der Waals surface area contributed by atoms with Crippen LogP contribution in [0.2, 0.25) is 0 Å². The number of thiophene rings is 1. The summed E-state index contributed by atoms with van der Waals surface area (Å²) in [6.07, 6.45) is 1.16. The van der Waals surface area contributed by atoms with Gasteiger partial charge in [-0.2, -0.15) is 0 Å². The highest BCUT2D eigenvalue weighted by atomic mass is 32.1. The lowest BCUT2D eigenvalue weighted by molar-refractivity contribution is 0.0601. The van der Waals surface area contributed by atoms with E-state index in [1.165, 1.54) is 12.0 Å². The molecule has 1 aliphatic rings. The van der Waals surface area contributed by atoms with E-state index in [1.807, 2.05) is 11.4 Å². The number of hydrogen-bond acceptors (Lipinski definition) is 4. The van der Waals surface area contributed by atoms with E-state index in [4.69, 9.17) is 5.73 Å². The zero-order chi connectivity index (χ0) is 10.1. The van der Waals surface area contributed by atoms with Gasteiger partial charge in [0.05, 0.1) is 12.7 Å². The monoisotopic (exact) mass is 211 g/mol. The van der Waals surface area contributed by atoms with Crippen LogP contribution in [0.4, 0.5) is 0 Å². The van der Waals surface area contributed by atoms with E-state index in [0.717, 1.165) is 13.0 Å². The molecule has 2 atom stereocenters. The summed E-state index contributed by atoms with van der Waals surface area (Å²) in [7, 11) is 1.40. The molecule has 0 bridgehead atoms. The largest absolute Gasteiger partial charge is 0.465 e. The highest BCUT2D eigenvalue weighted by Gasteiger charge is 2.38. The molecule has 76 valence electrons. The molecular weight excluding hydrogens is 198 g/mol. The minimum Gasteiger partial charge on any atom is -0.465 e. The molecule has 0 aromatic carbocycles. The Kier molecular flexibility index (Phi) is 2.56. The van der Waals surface area contributed by atoms with E-state index < -0.39 is 0 Å². The molecule has 1 aromatic rings. The van der Waals surface area contributed by atoms with Crippen molar-refractivity contribution in [1.29, 1.82) is 0 Å². The van der Waals surface area contributed by atoms with Crippen molar-refractivity contribution < 1.29 is 9.53 Å². The first kappa shape index (κ1) is 9.68. The number of nitrogens with two attached hydrogens (primary N) is 1. The number of esters is 1. The van der Waals surface area contributed by atoms with Crippen LogP contribution in [0, 0.1) is 5.92 Å². The highest BCUT2D eigenvalue weighted by Crippen LogP contribution is 2.48. The van der Waals surface area contributed by atoms with Gasteiger partial charge in [0.15, 0.2) is 0 Å². The van der Waals surface area contributed by atoms with Crippen LogP contribution in [-0.4, -0.2) is 19.6 Å². The molecular formula is C10H13NO2S. The second kappa shape index (κ2) is 3.71. The van der Waals surface area contributed by atoms with Crippen molar-refractivity contribution in [2.45, 2.75) is 12.3 Å². The van der Waals surface area contributed by atoms with E-state index in [-0.39, 0.29) is 5.97 Å². The van der Waals surface area contributed by atoms with E-state index in [1.54, 1.807) is 11.3 Å². The van der Waals surface area contributed by atoms with Gasteiger partial charge in [-0.25, -0.2) is 4.79 Å². The molecule has 1 aliphatic carbocycles. The number of ether oxygens (including phenoxy) is 1. The molecule has 4 heteroatoms. The number of carbonyl (C=O) groups excluding carboxylic acids is 1. The summed E-state index contributed by atoms with van der Waals surface area (Å²) >= 11 is 1.63. The average Bonchev–Trinajstić information content (AvgIpc) is 2.85. The Labute approximate surface area is 86.9 Å². The number of hydrogen-bond donors (Lipinski definition) is 1. The fraction of sp³-hybridized carbons (Fsp3) is 0.500. The normalized spacial score (nSPS) is 24.7. The van der Waals surface area contributed by atoms with E-state index in [9.17, 15) is 4.79 Å². The van der Waals surface area contributed by atoms with Crippen LogP contribution < -0.4 is 5.73 Å². The van der Waals surface area contributed by atoms with Crippen LogP contribution in [0.3, 0.4) is 0 Å². The lowest BCUT2D eigenvalue weighted by Crippen LogP contribution is -2.01. The Morgan fingerprint density at radius 2 is 2.57 bits per heavy atom. The van der Waals surface area contributed by atoms with Crippen LogP contribution >= 0.6 is 11.3 Å². The van der Waals surface area contributed by atoms with Crippen molar-refractivity contribution in [1.82, 2.24) is 0 Å². The first-order valence-electron chi connectivity index (χ1n) is 4.63. The summed E-state index contributed by atoms with van der Waals surface area (Å²) in [5.41, 5.74) is 6.23. The van der Waals surface area contributed by atoms with Crippen LogP contribution in [0.1, 0.15) is 27.6 Å². The van der Waals surface area contributed by atoms with Crippen molar-refractivity contribution in [3.05, 3.63) is 21.9 Å². The summed E-state index contributed by atoms with van der Waals surface area (Å²) < 4.78 is 4.65. The minimum atomic E-state index is -0.252. The van der Waals surface area contributed by atoms with Crippen molar-refractivity contribution in [2.75, 3.05) is 13.7 Å². The van der Waals surface area contributed by atoms with E-state index in [0.29, 0.717) is 17.4 Å². The third-order valence-electron chi connectivity index (χ3n) is 2.63. The molecule has 1 heterocycles. The number of rotatable bonds is 3. The van der Waals surface area contributed by atoms with Gasteiger partial charge in [0, 0.05) is 10.3 Å². The van der Waals surface area contributed by atoms with Gasteiger partial charge in [0.1, 0.15) is 0 Å². The average molecular weight is 211 g/mol. The van der Waals surface area contributed by atoms with Gasteiger partial charge in [-0.15, -0.1) is 11.3 Å². The first-order valence-corrected chi connectivity index (χ1v) is 5.51. The first-order chi connectivity index (χ1) is 6.76. The van der Waals surface area contributed by atoms with Crippen molar-refractivity contribution >= 4 is 17.3 Å². The fourth-order valence-corrected chi connectivity index (χ4v) is 2.71. The Hall–Kier alpha value is -0.870. The lowest BCUT2D eigenvalue weighted by Gasteiger charge is -1.93. The summed E-state index contributed by atoms with van der Waals surface area (Å²) in [5.74, 6) is 0.958. The van der Waals surface area contributed by atoms with Crippen molar-refractivity contribution in [3.8, 4) is 0 Å². The molecule has 0 amide bonds. The van der Waals surface area contributed by atoms with E-state index in [2.05, 4.69) is 4.74 Å². The smallest absolute Gasteiger partial charge is 0.338 e. The maximum atomic E-state index is 11.2. The summed E-state index contributed by atoms with van der Waals surface area (Å²) in [4.78, 5) is 12.4. The van der Waals surface area contributed by atoms with Gasteiger partial charge < -0.3 is 10.5 Å². The van der Waals surface area contributed by atoms with Crippen LogP contribution in [0.25, 0.3) is 0 Å². The molecule has 1 fully saturated rings. The van der Waals surface area contributed by atoms with E-state index >= 15 is 0 Å². The third-order valence-corrected chi connectivity index (χ3v) is 3.70. The standard InChI is InChI=1S/C10H13NO2S/c1-13-10(12)7-3-9(14-5-7)8-2-6(8)4-11/h3,5-6,8H,2,4,11H2,1H3.